The second kappa shape index (κ2) is 7.35. The van der Waals surface area contributed by atoms with E-state index in [9.17, 15) is 4.79 Å². The highest BCUT2D eigenvalue weighted by Crippen LogP contribution is 2.31. The number of aryl methyl sites for hydroxylation is 1. The molecule has 0 N–H and O–H groups in total. The zero-order valence-electron chi connectivity index (χ0n) is 16.4. The zero-order valence-corrected chi connectivity index (χ0v) is 16.4. The molecule has 0 saturated carbocycles. The number of hydrogen-bond donors (Lipinski definition) is 0. The highest BCUT2D eigenvalue weighted by molar-refractivity contribution is 5.89. The van der Waals surface area contributed by atoms with E-state index in [1.165, 1.54) is 18.2 Å². The van der Waals surface area contributed by atoms with Crippen molar-refractivity contribution in [2.45, 2.75) is 39.5 Å². The van der Waals surface area contributed by atoms with Crippen LogP contribution < -0.4 is 0 Å². The molecule has 2 aromatic carbocycles. The van der Waals surface area contributed by atoms with E-state index in [2.05, 4.69) is 50.0 Å². The minimum atomic E-state index is -0.376. The molecular weight excluding hydrogens is 340 g/mol. The topological polar surface area (TPSA) is 65.2 Å². The maximum Gasteiger partial charge on any atom is 0.337 e. The molecule has 0 atom stereocenters. The van der Waals surface area contributed by atoms with Crippen LogP contribution in [0, 0.1) is 0 Å². The molecule has 0 aliphatic heterocycles. The lowest BCUT2D eigenvalue weighted by Gasteiger charge is -2.23. The number of carbonyl (C=O) groups is 1. The molecule has 27 heavy (non-hydrogen) atoms. The van der Waals surface area contributed by atoms with Gasteiger partial charge in [-0.05, 0) is 53.3 Å². The number of ether oxygens (including phenoxy) is 1. The molecule has 0 aliphatic rings. The number of esters is 1. The summed E-state index contributed by atoms with van der Waals surface area (Å²) in [5, 5.41) is 4.14. The SMILES string of the molecule is CCc1ccc(-c2noc(-c3ccc(C(=O)OC)cc3)n2)cc1C(C)(C)C. The van der Waals surface area contributed by atoms with Crippen LogP contribution in [0.1, 0.15) is 49.2 Å². The van der Waals surface area contributed by atoms with Crippen molar-refractivity contribution in [2.24, 2.45) is 0 Å². The fourth-order valence-corrected chi connectivity index (χ4v) is 3.05. The van der Waals surface area contributed by atoms with Gasteiger partial charge in [-0.25, -0.2) is 4.79 Å². The van der Waals surface area contributed by atoms with Gasteiger partial charge in [0.15, 0.2) is 0 Å². The van der Waals surface area contributed by atoms with E-state index >= 15 is 0 Å². The molecule has 5 nitrogen and oxygen atoms in total. The Bertz CT molecular complexity index is 950. The van der Waals surface area contributed by atoms with Gasteiger partial charge in [0, 0.05) is 11.1 Å². The van der Waals surface area contributed by atoms with Crippen LogP contribution in [0.4, 0.5) is 0 Å². The van der Waals surface area contributed by atoms with Gasteiger partial charge in [-0.3, -0.25) is 0 Å². The maximum atomic E-state index is 11.5. The Morgan fingerprint density at radius 2 is 1.74 bits per heavy atom. The van der Waals surface area contributed by atoms with Crippen molar-refractivity contribution < 1.29 is 14.1 Å². The van der Waals surface area contributed by atoms with E-state index in [1.54, 1.807) is 24.3 Å². The summed E-state index contributed by atoms with van der Waals surface area (Å²) in [7, 11) is 1.36. The van der Waals surface area contributed by atoms with Crippen molar-refractivity contribution in [3.63, 3.8) is 0 Å². The summed E-state index contributed by atoms with van der Waals surface area (Å²) >= 11 is 0. The molecule has 3 rings (SSSR count). The van der Waals surface area contributed by atoms with Crippen LogP contribution in [-0.2, 0) is 16.6 Å². The first-order valence-electron chi connectivity index (χ1n) is 8.99. The first kappa shape index (κ1) is 18.8. The van der Waals surface area contributed by atoms with E-state index in [1.807, 2.05) is 6.07 Å². The predicted octanol–water partition coefficient (Wildman–Crippen LogP) is 5.05. The fraction of sp³-hybridized carbons (Fsp3) is 0.318. The standard InChI is InChI=1S/C22H24N2O3/c1-6-14-7-12-17(13-18(14)22(2,3)4)19-23-20(27-24-19)15-8-10-16(11-9-15)21(25)26-5/h7-13H,6H2,1-5H3. The molecule has 1 aromatic heterocycles. The van der Waals surface area contributed by atoms with Crippen molar-refractivity contribution in [3.8, 4) is 22.8 Å². The lowest BCUT2D eigenvalue weighted by atomic mass is 9.82. The molecule has 0 radical (unpaired) electrons. The Balaban J connectivity index is 1.93. The van der Waals surface area contributed by atoms with Crippen LogP contribution in [0.3, 0.4) is 0 Å². The van der Waals surface area contributed by atoms with Crippen molar-refractivity contribution in [1.82, 2.24) is 10.1 Å². The summed E-state index contributed by atoms with van der Waals surface area (Å²) in [6.07, 6.45) is 0.983. The summed E-state index contributed by atoms with van der Waals surface area (Å²) in [6, 6.07) is 13.2. The second-order valence-electron chi connectivity index (χ2n) is 7.47. The Hall–Kier alpha value is -2.95. The molecule has 140 valence electrons. The van der Waals surface area contributed by atoms with Crippen LogP contribution in [-0.4, -0.2) is 23.2 Å². The van der Waals surface area contributed by atoms with Crippen molar-refractivity contribution in [1.29, 1.82) is 0 Å². The van der Waals surface area contributed by atoms with Gasteiger partial charge in [0.05, 0.1) is 12.7 Å². The van der Waals surface area contributed by atoms with Gasteiger partial charge in [-0.2, -0.15) is 4.98 Å². The Labute approximate surface area is 159 Å². The molecule has 0 aliphatic carbocycles. The molecule has 0 amide bonds. The van der Waals surface area contributed by atoms with Crippen molar-refractivity contribution in [2.75, 3.05) is 7.11 Å². The summed E-state index contributed by atoms with van der Waals surface area (Å²) in [4.78, 5) is 16.1. The minimum Gasteiger partial charge on any atom is -0.465 e. The minimum absolute atomic E-state index is 0.0393. The highest BCUT2D eigenvalue weighted by Gasteiger charge is 2.20. The van der Waals surface area contributed by atoms with E-state index in [4.69, 9.17) is 9.26 Å². The van der Waals surface area contributed by atoms with Gasteiger partial charge >= 0.3 is 5.97 Å². The number of carbonyl (C=O) groups excluding carboxylic acids is 1. The Morgan fingerprint density at radius 3 is 2.33 bits per heavy atom. The Kier molecular flexibility index (Phi) is 5.13. The fourth-order valence-electron chi connectivity index (χ4n) is 3.05. The summed E-state index contributed by atoms with van der Waals surface area (Å²) in [5.41, 5.74) is 4.81. The van der Waals surface area contributed by atoms with Crippen molar-refractivity contribution in [3.05, 3.63) is 59.2 Å². The lowest BCUT2D eigenvalue weighted by molar-refractivity contribution is 0.0600. The smallest absolute Gasteiger partial charge is 0.337 e. The molecule has 0 fully saturated rings. The molecular formula is C22H24N2O3. The number of aromatic nitrogens is 2. The summed E-state index contributed by atoms with van der Waals surface area (Å²) < 4.78 is 10.1. The quantitative estimate of drug-likeness (QED) is 0.606. The van der Waals surface area contributed by atoms with Crippen LogP contribution >= 0.6 is 0 Å². The van der Waals surface area contributed by atoms with E-state index in [0.717, 1.165) is 17.5 Å². The molecule has 0 spiro atoms. The first-order chi connectivity index (χ1) is 12.8. The molecule has 0 saturated heterocycles. The average molecular weight is 364 g/mol. The highest BCUT2D eigenvalue weighted by atomic mass is 16.5. The Morgan fingerprint density at radius 1 is 1.07 bits per heavy atom. The average Bonchev–Trinajstić information content (AvgIpc) is 3.16. The molecule has 0 unspecified atom stereocenters. The predicted molar refractivity (Wildman–Crippen MR) is 105 cm³/mol. The molecule has 1 heterocycles. The van der Waals surface area contributed by atoms with Crippen LogP contribution in [0.15, 0.2) is 47.0 Å². The van der Waals surface area contributed by atoms with E-state index < -0.39 is 0 Å². The summed E-state index contributed by atoms with van der Waals surface area (Å²) in [5.74, 6) is 0.590. The van der Waals surface area contributed by atoms with Gasteiger partial charge < -0.3 is 9.26 Å². The van der Waals surface area contributed by atoms with Crippen LogP contribution in [0.25, 0.3) is 22.8 Å². The summed E-state index contributed by atoms with van der Waals surface area (Å²) in [6.45, 7) is 8.77. The third kappa shape index (κ3) is 3.92. The number of benzene rings is 2. The van der Waals surface area contributed by atoms with E-state index in [0.29, 0.717) is 17.3 Å². The van der Waals surface area contributed by atoms with Crippen LogP contribution in [0.2, 0.25) is 0 Å². The van der Waals surface area contributed by atoms with Gasteiger partial charge in [0.2, 0.25) is 5.82 Å². The number of hydrogen-bond acceptors (Lipinski definition) is 5. The number of nitrogens with zero attached hydrogens (tertiary/aromatic N) is 2. The monoisotopic (exact) mass is 364 g/mol. The number of methoxy groups -OCH3 is 1. The van der Waals surface area contributed by atoms with E-state index in [-0.39, 0.29) is 11.4 Å². The normalized spacial score (nSPS) is 11.4. The molecule has 5 heteroatoms. The van der Waals surface area contributed by atoms with Crippen LogP contribution in [0.5, 0.6) is 0 Å². The third-order valence-corrected chi connectivity index (χ3v) is 4.54. The van der Waals surface area contributed by atoms with Gasteiger partial charge in [-0.15, -0.1) is 0 Å². The molecule has 0 bridgehead atoms. The second-order valence-corrected chi connectivity index (χ2v) is 7.47. The maximum absolute atomic E-state index is 11.5. The van der Waals surface area contributed by atoms with Gasteiger partial charge in [0.25, 0.3) is 5.89 Å². The van der Waals surface area contributed by atoms with Gasteiger partial charge in [-0.1, -0.05) is 45.0 Å². The lowest BCUT2D eigenvalue weighted by Crippen LogP contribution is -2.14. The van der Waals surface area contributed by atoms with Crippen molar-refractivity contribution >= 4 is 5.97 Å². The zero-order chi connectivity index (χ0) is 19.6. The van der Waals surface area contributed by atoms with Gasteiger partial charge in [0.1, 0.15) is 0 Å². The third-order valence-electron chi connectivity index (χ3n) is 4.54. The largest absolute Gasteiger partial charge is 0.465 e. The molecule has 3 aromatic rings. The first-order valence-corrected chi connectivity index (χ1v) is 8.99. The number of rotatable bonds is 4.